The summed E-state index contributed by atoms with van der Waals surface area (Å²) in [7, 11) is 0. The lowest BCUT2D eigenvalue weighted by molar-refractivity contribution is -0.274. The van der Waals surface area contributed by atoms with Crippen LogP contribution in [0.4, 0.5) is 13.2 Å². The Kier molecular flexibility index (Phi) is 3.79. The number of benzene rings is 2. The number of rotatable bonds is 3. The van der Waals surface area contributed by atoms with E-state index in [9.17, 15) is 18.0 Å². The summed E-state index contributed by atoms with van der Waals surface area (Å²) < 4.78 is 39.9. The molecule has 0 aliphatic carbocycles. The SMILES string of the molecule is CC(=O)c1cccc(-c2ccc(OC(F)(F)F)cc2)c1. The molecule has 0 fully saturated rings. The number of hydrogen-bond donors (Lipinski definition) is 0. The van der Waals surface area contributed by atoms with Gasteiger partial charge in [0.05, 0.1) is 0 Å². The third kappa shape index (κ3) is 3.60. The van der Waals surface area contributed by atoms with Crippen molar-refractivity contribution in [2.24, 2.45) is 0 Å². The molecule has 20 heavy (non-hydrogen) atoms. The summed E-state index contributed by atoms with van der Waals surface area (Å²) in [6.45, 7) is 1.46. The molecule has 0 N–H and O–H groups in total. The van der Waals surface area contributed by atoms with Gasteiger partial charge in [-0.25, -0.2) is 0 Å². The molecule has 0 aromatic heterocycles. The van der Waals surface area contributed by atoms with Gasteiger partial charge in [-0.1, -0.05) is 30.3 Å². The fourth-order valence-corrected chi connectivity index (χ4v) is 1.77. The molecule has 0 radical (unpaired) electrons. The van der Waals surface area contributed by atoms with Crippen molar-refractivity contribution in [3.8, 4) is 16.9 Å². The maximum Gasteiger partial charge on any atom is 0.573 e. The fourth-order valence-electron chi connectivity index (χ4n) is 1.77. The average Bonchev–Trinajstić information content (AvgIpc) is 2.38. The van der Waals surface area contributed by atoms with Gasteiger partial charge in [-0.3, -0.25) is 4.79 Å². The fraction of sp³-hybridized carbons (Fsp3) is 0.133. The van der Waals surface area contributed by atoms with Crippen LogP contribution in [0, 0.1) is 0 Å². The number of ether oxygens (including phenoxy) is 1. The van der Waals surface area contributed by atoms with E-state index in [1.807, 2.05) is 0 Å². The summed E-state index contributed by atoms with van der Waals surface area (Å²) in [6, 6.07) is 12.4. The normalized spacial score (nSPS) is 11.2. The van der Waals surface area contributed by atoms with Crippen molar-refractivity contribution in [1.82, 2.24) is 0 Å². The number of carbonyl (C=O) groups excluding carboxylic acids is 1. The number of carbonyl (C=O) groups is 1. The van der Waals surface area contributed by atoms with Crippen LogP contribution in [0.1, 0.15) is 17.3 Å². The predicted molar refractivity (Wildman–Crippen MR) is 68.6 cm³/mol. The first-order valence-electron chi connectivity index (χ1n) is 5.82. The van der Waals surface area contributed by atoms with Gasteiger partial charge in [0.25, 0.3) is 0 Å². The summed E-state index contributed by atoms with van der Waals surface area (Å²) in [5.74, 6) is -0.340. The van der Waals surface area contributed by atoms with Crippen LogP contribution in [0.3, 0.4) is 0 Å². The topological polar surface area (TPSA) is 26.3 Å². The largest absolute Gasteiger partial charge is 0.573 e. The minimum absolute atomic E-state index is 0.0659. The summed E-state index contributed by atoms with van der Waals surface area (Å²) in [6.07, 6.45) is -4.70. The van der Waals surface area contributed by atoms with Crippen molar-refractivity contribution >= 4 is 5.78 Å². The van der Waals surface area contributed by atoms with Gasteiger partial charge >= 0.3 is 6.36 Å². The number of ketones is 1. The lowest BCUT2D eigenvalue weighted by atomic mass is 10.0. The highest BCUT2D eigenvalue weighted by molar-refractivity contribution is 5.95. The van der Waals surface area contributed by atoms with Gasteiger partial charge < -0.3 is 4.74 Å². The molecule has 0 aliphatic heterocycles. The van der Waals surface area contributed by atoms with E-state index in [1.54, 1.807) is 24.3 Å². The van der Waals surface area contributed by atoms with Gasteiger partial charge in [0, 0.05) is 5.56 Å². The van der Waals surface area contributed by atoms with Crippen molar-refractivity contribution in [1.29, 1.82) is 0 Å². The van der Waals surface area contributed by atoms with Crippen LogP contribution in [0.2, 0.25) is 0 Å². The second-order valence-electron chi connectivity index (χ2n) is 4.21. The van der Waals surface area contributed by atoms with E-state index >= 15 is 0 Å². The number of Topliss-reactive ketones (excluding diaryl/α,β-unsaturated/α-hetero) is 1. The van der Waals surface area contributed by atoms with Crippen molar-refractivity contribution in [2.45, 2.75) is 13.3 Å². The van der Waals surface area contributed by atoms with Gasteiger partial charge in [0.1, 0.15) is 5.75 Å². The molecule has 0 unspecified atom stereocenters. The van der Waals surface area contributed by atoms with E-state index in [-0.39, 0.29) is 11.5 Å². The molecule has 0 saturated heterocycles. The quantitative estimate of drug-likeness (QED) is 0.776. The van der Waals surface area contributed by atoms with E-state index in [0.29, 0.717) is 11.1 Å². The first-order valence-corrected chi connectivity index (χ1v) is 5.82. The first-order chi connectivity index (χ1) is 9.35. The molecule has 0 atom stereocenters. The van der Waals surface area contributed by atoms with E-state index < -0.39 is 6.36 Å². The van der Waals surface area contributed by atoms with Gasteiger partial charge in [-0.15, -0.1) is 13.2 Å². The molecule has 0 bridgehead atoms. The lowest BCUT2D eigenvalue weighted by Crippen LogP contribution is -2.16. The van der Waals surface area contributed by atoms with E-state index in [4.69, 9.17) is 0 Å². The third-order valence-electron chi connectivity index (χ3n) is 2.69. The average molecular weight is 280 g/mol. The zero-order valence-electron chi connectivity index (χ0n) is 10.6. The summed E-state index contributed by atoms with van der Waals surface area (Å²) in [4.78, 5) is 11.3. The molecular formula is C15H11F3O2. The van der Waals surface area contributed by atoms with Gasteiger partial charge in [-0.05, 0) is 36.2 Å². The van der Waals surface area contributed by atoms with Crippen LogP contribution in [-0.2, 0) is 0 Å². The Morgan fingerprint density at radius 3 is 2.20 bits per heavy atom. The van der Waals surface area contributed by atoms with Crippen LogP contribution >= 0.6 is 0 Å². The van der Waals surface area contributed by atoms with Gasteiger partial charge in [0.2, 0.25) is 0 Å². The Morgan fingerprint density at radius 1 is 1.00 bits per heavy atom. The second-order valence-corrected chi connectivity index (χ2v) is 4.21. The van der Waals surface area contributed by atoms with Crippen molar-refractivity contribution < 1.29 is 22.7 Å². The maximum atomic E-state index is 12.0. The van der Waals surface area contributed by atoms with Crippen molar-refractivity contribution in [2.75, 3.05) is 0 Å². The van der Waals surface area contributed by atoms with E-state index in [1.165, 1.54) is 31.2 Å². The van der Waals surface area contributed by atoms with Crippen molar-refractivity contribution in [3.63, 3.8) is 0 Å². The van der Waals surface area contributed by atoms with Crippen LogP contribution in [-0.4, -0.2) is 12.1 Å². The number of alkyl halides is 3. The van der Waals surface area contributed by atoms with Crippen LogP contribution in [0.15, 0.2) is 48.5 Å². The second kappa shape index (κ2) is 5.36. The maximum absolute atomic E-state index is 12.0. The molecule has 2 rings (SSSR count). The van der Waals surface area contributed by atoms with Crippen molar-refractivity contribution in [3.05, 3.63) is 54.1 Å². The zero-order chi connectivity index (χ0) is 14.8. The number of halogens is 3. The monoisotopic (exact) mass is 280 g/mol. The molecule has 5 heteroatoms. The van der Waals surface area contributed by atoms with E-state index in [2.05, 4.69) is 4.74 Å². The van der Waals surface area contributed by atoms with Crippen LogP contribution in [0.5, 0.6) is 5.75 Å². The molecule has 0 aliphatic rings. The minimum Gasteiger partial charge on any atom is -0.406 e. The highest BCUT2D eigenvalue weighted by atomic mass is 19.4. The summed E-state index contributed by atoms with van der Waals surface area (Å²) in [5, 5.41) is 0. The van der Waals surface area contributed by atoms with Crippen LogP contribution < -0.4 is 4.74 Å². The Labute approximate surface area is 113 Å². The highest BCUT2D eigenvalue weighted by Gasteiger charge is 2.30. The molecular weight excluding hydrogens is 269 g/mol. The van der Waals surface area contributed by atoms with E-state index in [0.717, 1.165) is 5.56 Å². The zero-order valence-corrected chi connectivity index (χ0v) is 10.6. The molecule has 0 amide bonds. The number of hydrogen-bond acceptors (Lipinski definition) is 2. The standard InChI is InChI=1S/C15H11F3O2/c1-10(19)12-3-2-4-13(9-12)11-5-7-14(8-6-11)20-15(16,17)18/h2-9H,1H3. The molecule has 0 heterocycles. The third-order valence-corrected chi connectivity index (χ3v) is 2.69. The summed E-state index contributed by atoms with van der Waals surface area (Å²) in [5.41, 5.74) is 2.03. The molecule has 0 saturated carbocycles. The Morgan fingerprint density at radius 2 is 1.65 bits per heavy atom. The minimum atomic E-state index is -4.70. The van der Waals surface area contributed by atoms with Crippen LogP contribution in [0.25, 0.3) is 11.1 Å². The highest BCUT2D eigenvalue weighted by Crippen LogP contribution is 2.26. The van der Waals surface area contributed by atoms with Gasteiger partial charge in [0.15, 0.2) is 5.78 Å². The van der Waals surface area contributed by atoms with Gasteiger partial charge in [-0.2, -0.15) is 0 Å². The Hall–Kier alpha value is -2.30. The Bertz CT molecular complexity index is 616. The molecule has 2 aromatic carbocycles. The first kappa shape index (κ1) is 14.1. The Balaban J connectivity index is 2.26. The lowest BCUT2D eigenvalue weighted by Gasteiger charge is -2.09. The molecule has 2 nitrogen and oxygen atoms in total. The molecule has 0 spiro atoms. The molecule has 2 aromatic rings. The predicted octanol–water partition coefficient (Wildman–Crippen LogP) is 4.45. The smallest absolute Gasteiger partial charge is 0.406 e. The summed E-state index contributed by atoms with van der Waals surface area (Å²) >= 11 is 0. The molecule has 104 valence electrons.